The Bertz CT molecular complexity index is 1340. The third-order valence-electron chi connectivity index (χ3n) is 7.34. The molecule has 1 aliphatic rings. The molecule has 39 heavy (non-hydrogen) atoms. The molecular weight excluding hydrogens is 482 g/mol. The molecule has 0 radical (unpaired) electrons. The lowest BCUT2D eigenvalue weighted by Crippen LogP contribution is -2.43. The first-order chi connectivity index (χ1) is 19.0. The number of unbranched alkanes of at least 4 members (excludes halogenated alkanes) is 1. The summed E-state index contributed by atoms with van der Waals surface area (Å²) in [6.07, 6.45) is 1.97. The fraction of sp³-hybridized carbons (Fsp3) is 0.314. The van der Waals surface area contributed by atoms with Gasteiger partial charge >= 0.3 is 0 Å². The van der Waals surface area contributed by atoms with Crippen molar-refractivity contribution in [3.8, 4) is 28.0 Å². The van der Waals surface area contributed by atoms with Crippen LogP contribution in [0.15, 0.2) is 97.1 Å². The summed E-state index contributed by atoms with van der Waals surface area (Å²) in [5.74, 6) is 0.901. The molecule has 0 aromatic heterocycles. The van der Waals surface area contributed by atoms with Gasteiger partial charge < -0.3 is 19.1 Å². The number of benzene rings is 4. The third kappa shape index (κ3) is 7.08. The number of hydrogen-bond acceptors (Lipinski definition) is 4. The number of anilines is 2. The van der Waals surface area contributed by atoms with Crippen LogP contribution in [-0.4, -0.2) is 40.1 Å². The minimum absolute atomic E-state index is 0.218. The lowest BCUT2D eigenvalue weighted by molar-refractivity contribution is -0.138. The van der Waals surface area contributed by atoms with E-state index in [0.717, 1.165) is 62.0 Å². The highest BCUT2D eigenvalue weighted by atomic mass is 16.5. The molecule has 0 saturated carbocycles. The van der Waals surface area contributed by atoms with E-state index in [1.807, 2.05) is 6.07 Å². The molecule has 4 aromatic rings. The Morgan fingerprint density at radius 3 is 2.05 bits per heavy atom. The molecule has 4 aromatic carbocycles. The molecular formula is C35H39NO3. The fourth-order valence-corrected chi connectivity index (χ4v) is 4.78. The second-order valence-corrected chi connectivity index (χ2v) is 11.0. The van der Waals surface area contributed by atoms with Gasteiger partial charge in [0.25, 0.3) is 0 Å². The van der Waals surface area contributed by atoms with Gasteiger partial charge in [0.15, 0.2) is 0 Å². The first-order valence-electron chi connectivity index (χ1n) is 13.9. The number of nitrogens with zero attached hydrogens (tertiary/aromatic N) is 1. The predicted octanol–water partition coefficient (Wildman–Crippen LogP) is 8.31. The highest BCUT2D eigenvalue weighted by molar-refractivity contribution is 5.74. The second kappa shape index (κ2) is 12.5. The maximum Gasteiger partial charge on any atom is 0.119 e. The van der Waals surface area contributed by atoms with Crippen LogP contribution in [0.2, 0.25) is 0 Å². The smallest absolute Gasteiger partial charge is 0.119 e. The average Bonchev–Trinajstić information content (AvgIpc) is 2.96. The topological polar surface area (TPSA) is 30.9 Å². The average molecular weight is 522 g/mol. The third-order valence-corrected chi connectivity index (χ3v) is 7.34. The van der Waals surface area contributed by atoms with E-state index in [1.54, 1.807) is 0 Å². The molecule has 202 valence electrons. The largest absolute Gasteiger partial charge is 0.494 e. The summed E-state index contributed by atoms with van der Waals surface area (Å²) in [5, 5.41) is 0. The molecule has 0 aliphatic carbocycles. The van der Waals surface area contributed by atoms with Gasteiger partial charge in [-0.15, -0.1) is 0 Å². The minimum Gasteiger partial charge on any atom is -0.494 e. The van der Waals surface area contributed by atoms with E-state index in [1.165, 1.54) is 22.3 Å². The molecule has 5 rings (SSSR count). The molecule has 1 saturated heterocycles. The Morgan fingerprint density at radius 2 is 1.36 bits per heavy atom. The van der Waals surface area contributed by atoms with Crippen molar-refractivity contribution in [1.29, 1.82) is 0 Å². The summed E-state index contributed by atoms with van der Waals surface area (Å²) in [6, 6.07) is 34.4. The molecule has 4 nitrogen and oxygen atoms in total. The fourth-order valence-electron chi connectivity index (χ4n) is 4.78. The Balaban J connectivity index is 1.16. The zero-order chi connectivity index (χ0) is 27.1. The van der Waals surface area contributed by atoms with Gasteiger partial charge in [-0.25, -0.2) is 0 Å². The van der Waals surface area contributed by atoms with Crippen molar-refractivity contribution in [2.75, 3.05) is 45.0 Å². The van der Waals surface area contributed by atoms with Crippen LogP contribution < -0.4 is 9.64 Å². The van der Waals surface area contributed by atoms with Gasteiger partial charge in [-0.3, -0.25) is 0 Å². The van der Waals surface area contributed by atoms with Crippen LogP contribution in [0.3, 0.4) is 0 Å². The second-order valence-electron chi connectivity index (χ2n) is 11.0. The van der Waals surface area contributed by atoms with Crippen LogP contribution in [0, 0.1) is 12.3 Å². The van der Waals surface area contributed by atoms with E-state index in [9.17, 15) is 0 Å². The monoisotopic (exact) mass is 521 g/mol. The van der Waals surface area contributed by atoms with Gasteiger partial charge in [-0.05, 0) is 78.4 Å². The molecule has 0 atom stereocenters. The zero-order valence-corrected chi connectivity index (χ0v) is 23.4. The van der Waals surface area contributed by atoms with Crippen molar-refractivity contribution >= 4 is 11.4 Å². The lowest BCUT2D eigenvalue weighted by Gasteiger charge is -2.37. The highest BCUT2D eigenvalue weighted by Crippen LogP contribution is 2.31. The normalized spacial score (nSPS) is 14.0. The summed E-state index contributed by atoms with van der Waals surface area (Å²) >= 11 is 0. The van der Waals surface area contributed by atoms with Crippen molar-refractivity contribution in [2.24, 2.45) is 5.41 Å². The van der Waals surface area contributed by atoms with E-state index in [2.05, 4.69) is 117 Å². The Morgan fingerprint density at radius 1 is 0.718 bits per heavy atom. The van der Waals surface area contributed by atoms with Crippen LogP contribution in [0.5, 0.6) is 5.75 Å². The van der Waals surface area contributed by atoms with E-state index < -0.39 is 0 Å². The maximum atomic E-state index is 6.06. The van der Waals surface area contributed by atoms with E-state index in [-0.39, 0.29) is 5.41 Å². The summed E-state index contributed by atoms with van der Waals surface area (Å²) in [7, 11) is 2.11. The van der Waals surface area contributed by atoms with Gasteiger partial charge in [-0.2, -0.15) is 0 Å². The Kier molecular flexibility index (Phi) is 8.65. The number of aryl methyl sites for hydroxylation is 1. The number of rotatable bonds is 12. The van der Waals surface area contributed by atoms with Crippen molar-refractivity contribution in [3.63, 3.8) is 0 Å². The summed E-state index contributed by atoms with van der Waals surface area (Å²) in [5.41, 5.74) is 8.57. The van der Waals surface area contributed by atoms with Gasteiger partial charge in [0.2, 0.25) is 0 Å². The zero-order valence-electron chi connectivity index (χ0n) is 23.4. The quantitative estimate of drug-likeness (QED) is 0.175. The van der Waals surface area contributed by atoms with Crippen molar-refractivity contribution in [1.82, 2.24) is 0 Å². The molecule has 1 aliphatic heterocycles. The molecule has 0 bridgehead atoms. The van der Waals surface area contributed by atoms with Crippen LogP contribution >= 0.6 is 0 Å². The van der Waals surface area contributed by atoms with E-state index in [0.29, 0.717) is 6.61 Å². The summed E-state index contributed by atoms with van der Waals surface area (Å²) < 4.78 is 17.2. The predicted molar refractivity (Wildman–Crippen MR) is 161 cm³/mol. The first-order valence-corrected chi connectivity index (χ1v) is 13.9. The van der Waals surface area contributed by atoms with Gasteiger partial charge in [0.1, 0.15) is 5.75 Å². The maximum absolute atomic E-state index is 6.06. The molecule has 0 unspecified atom stereocenters. The van der Waals surface area contributed by atoms with Crippen LogP contribution in [0.25, 0.3) is 22.3 Å². The van der Waals surface area contributed by atoms with Crippen molar-refractivity contribution in [3.05, 3.63) is 103 Å². The SMILES string of the molecule is Cc1ccc(-c2ccc(N(C)c3cccc(-c4cccc(OCCCCOCC5(C)COC5)c4)c3)cc2)cc1. The summed E-state index contributed by atoms with van der Waals surface area (Å²) in [4.78, 5) is 2.23. The van der Waals surface area contributed by atoms with E-state index >= 15 is 0 Å². The summed E-state index contributed by atoms with van der Waals surface area (Å²) in [6.45, 7) is 8.20. The Labute approximate surface area is 233 Å². The Hall–Kier alpha value is -3.60. The number of ether oxygens (including phenoxy) is 3. The molecule has 0 spiro atoms. The van der Waals surface area contributed by atoms with Gasteiger partial charge in [0.05, 0.1) is 26.4 Å². The van der Waals surface area contributed by atoms with Gasteiger partial charge in [0, 0.05) is 30.4 Å². The first kappa shape index (κ1) is 27.0. The number of hydrogen-bond donors (Lipinski definition) is 0. The molecule has 1 fully saturated rings. The standard InChI is InChI=1S/C35H39NO3/c1-27-12-14-28(15-13-27)29-16-18-32(19-17-29)36(3)33-10-6-8-30(22-33)31-9-7-11-34(23-31)39-21-5-4-20-37-24-35(2)25-38-26-35/h6-19,22-23H,4-5,20-21,24-26H2,1-3H3. The molecule has 0 amide bonds. The minimum atomic E-state index is 0.218. The van der Waals surface area contributed by atoms with Crippen molar-refractivity contribution < 1.29 is 14.2 Å². The van der Waals surface area contributed by atoms with Crippen molar-refractivity contribution in [2.45, 2.75) is 26.7 Å². The highest BCUT2D eigenvalue weighted by Gasteiger charge is 2.33. The van der Waals surface area contributed by atoms with Gasteiger partial charge in [-0.1, -0.05) is 73.2 Å². The van der Waals surface area contributed by atoms with Crippen LogP contribution in [0.1, 0.15) is 25.3 Å². The lowest BCUT2D eigenvalue weighted by atomic mass is 9.90. The molecule has 4 heteroatoms. The molecule has 1 heterocycles. The van der Waals surface area contributed by atoms with Crippen LogP contribution in [-0.2, 0) is 9.47 Å². The molecule has 0 N–H and O–H groups in total. The van der Waals surface area contributed by atoms with Crippen LogP contribution in [0.4, 0.5) is 11.4 Å². The van der Waals surface area contributed by atoms with E-state index in [4.69, 9.17) is 14.2 Å².